The van der Waals surface area contributed by atoms with Crippen LogP contribution in [0, 0.1) is 0 Å². The van der Waals surface area contributed by atoms with E-state index in [9.17, 15) is 9.59 Å². The SMILES string of the molecule is O=C(COC(=O)c1cccc2ocnc12)Nc1ccc(Cl)c(Cl)c1. The summed E-state index contributed by atoms with van der Waals surface area (Å²) in [6, 6.07) is 9.50. The molecule has 1 heterocycles. The van der Waals surface area contributed by atoms with E-state index in [1.807, 2.05) is 0 Å². The largest absolute Gasteiger partial charge is 0.452 e. The van der Waals surface area contributed by atoms with Gasteiger partial charge in [0.1, 0.15) is 5.52 Å². The number of nitrogens with zero attached hydrogens (tertiary/aromatic N) is 1. The maximum absolute atomic E-state index is 12.1. The fourth-order valence-electron chi connectivity index (χ4n) is 2.03. The summed E-state index contributed by atoms with van der Waals surface area (Å²) in [7, 11) is 0. The van der Waals surface area contributed by atoms with Crippen molar-refractivity contribution in [1.29, 1.82) is 0 Å². The van der Waals surface area contributed by atoms with Crippen LogP contribution in [0.4, 0.5) is 5.69 Å². The number of hydrogen-bond donors (Lipinski definition) is 1. The number of oxazole rings is 1. The minimum absolute atomic E-state index is 0.226. The zero-order valence-corrected chi connectivity index (χ0v) is 13.6. The number of anilines is 1. The first-order valence-corrected chi connectivity index (χ1v) is 7.54. The predicted octanol–water partition coefficient (Wildman–Crippen LogP) is 3.93. The Balaban J connectivity index is 1.62. The van der Waals surface area contributed by atoms with Gasteiger partial charge in [0.25, 0.3) is 5.91 Å². The highest BCUT2D eigenvalue weighted by Crippen LogP contribution is 2.25. The third-order valence-corrected chi connectivity index (χ3v) is 3.86. The van der Waals surface area contributed by atoms with Crippen molar-refractivity contribution in [2.45, 2.75) is 0 Å². The summed E-state index contributed by atoms with van der Waals surface area (Å²) in [5, 5.41) is 3.24. The Bertz CT molecular complexity index is 923. The summed E-state index contributed by atoms with van der Waals surface area (Å²) in [5.41, 5.74) is 1.52. The number of para-hydroxylation sites is 1. The molecule has 0 saturated heterocycles. The molecule has 6 nitrogen and oxygen atoms in total. The van der Waals surface area contributed by atoms with Crippen molar-refractivity contribution in [2.75, 3.05) is 11.9 Å². The zero-order valence-electron chi connectivity index (χ0n) is 12.1. The van der Waals surface area contributed by atoms with Crippen LogP contribution < -0.4 is 5.32 Å². The minimum atomic E-state index is -0.668. The van der Waals surface area contributed by atoms with Crippen LogP contribution in [0.3, 0.4) is 0 Å². The van der Waals surface area contributed by atoms with Crippen molar-refractivity contribution in [3.8, 4) is 0 Å². The number of carbonyl (C=O) groups is 2. The monoisotopic (exact) mass is 364 g/mol. The minimum Gasteiger partial charge on any atom is -0.452 e. The van der Waals surface area contributed by atoms with Crippen LogP contribution in [0.2, 0.25) is 10.0 Å². The van der Waals surface area contributed by atoms with E-state index in [0.717, 1.165) is 0 Å². The molecule has 0 bridgehead atoms. The molecule has 1 aromatic heterocycles. The summed E-state index contributed by atoms with van der Waals surface area (Å²) >= 11 is 11.7. The van der Waals surface area contributed by atoms with Crippen LogP contribution >= 0.6 is 23.2 Å². The smallest absolute Gasteiger partial charge is 0.340 e. The molecular formula is C16H10Cl2N2O4. The first-order valence-electron chi connectivity index (χ1n) is 6.79. The standard InChI is InChI=1S/C16H10Cl2N2O4/c17-11-5-4-9(6-12(11)18)20-14(21)7-23-16(22)10-2-1-3-13-15(10)19-8-24-13/h1-6,8H,7H2,(H,20,21). The number of fused-ring (bicyclic) bond motifs is 1. The molecule has 8 heteroatoms. The van der Waals surface area contributed by atoms with Gasteiger partial charge in [-0.2, -0.15) is 0 Å². The van der Waals surface area contributed by atoms with E-state index in [1.54, 1.807) is 30.3 Å². The number of carbonyl (C=O) groups excluding carboxylic acids is 2. The second-order valence-electron chi connectivity index (χ2n) is 4.76. The maximum atomic E-state index is 12.1. The Morgan fingerprint density at radius 1 is 1.17 bits per heavy atom. The Labute approximate surface area is 146 Å². The third-order valence-electron chi connectivity index (χ3n) is 3.12. The van der Waals surface area contributed by atoms with Crippen LogP contribution in [0.1, 0.15) is 10.4 Å². The molecule has 0 fully saturated rings. The van der Waals surface area contributed by atoms with Crippen LogP contribution in [-0.4, -0.2) is 23.5 Å². The van der Waals surface area contributed by atoms with Gasteiger partial charge >= 0.3 is 5.97 Å². The lowest BCUT2D eigenvalue weighted by molar-refractivity contribution is -0.119. The molecule has 0 spiro atoms. The summed E-state index contributed by atoms with van der Waals surface area (Å²) in [4.78, 5) is 27.9. The summed E-state index contributed by atoms with van der Waals surface area (Å²) in [6.45, 7) is -0.451. The van der Waals surface area contributed by atoms with Gasteiger partial charge in [-0.15, -0.1) is 0 Å². The first-order chi connectivity index (χ1) is 11.5. The highest BCUT2D eigenvalue weighted by atomic mass is 35.5. The topological polar surface area (TPSA) is 81.4 Å². The van der Waals surface area contributed by atoms with Crippen molar-refractivity contribution in [1.82, 2.24) is 4.98 Å². The van der Waals surface area contributed by atoms with Crippen molar-refractivity contribution >= 4 is 51.9 Å². The highest BCUT2D eigenvalue weighted by Gasteiger charge is 2.15. The number of ether oxygens (including phenoxy) is 1. The molecule has 1 N–H and O–H groups in total. The molecular weight excluding hydrogens is 355 g/mol. The van der Waals surface area contributed by atoms with Crippen LogP contribution in [0.5, 0.6) is 0 Å². The van der Waals surface area contributed by atoms with E-state index in [-0.39, 0.29) is 5.56 Å². The predicted molar refractivity (Wildman–Crippen MR) is 89.4 cm³/mol. The Hall–Kier alpha value is -2.57. The number of hydrogen-bond acceptors (Lipinski definition) is 5. The summed E-state index contributed by atoms with van der Waals surface area (Å²) in [5.74, 6) is -1.17. The van der Waals surface area contributed by atoms with E-state index in [1.165, 1.54) is 12.5 Å². The van der Waals surface area contributed by atoms with Crippen molar-refractivity contribution in [2.24, 2.45) is 0 Å². The molecule has 0 aliphatic rings. The number of halogens is 2. The zero-order chi connectivity index (χ0) is 17.1. The Morgan fingerprint density at radius 2 is 2.00 bits per heavy atom. The molecule has 1 amide bonds. The Kier molecular flexibility index (Phi) is 4.69. The fourth-order valence-corrected chi connectivity index (χ4v) is 2.33. The highest BCUT2D eigenvalue weighted by molar-refractivity contribution is 6.42. The number of benzene rings is 2. The quantitative estimate of drug-likeness (QED) is 0.709. The van der Waals surface area contributed by atoms with Gasteiger partial charge in [-0.1, -0.05) is 29.3 Å². The van der Waals surface area contributed by atoms with Gasteiger partial charge in [-0.3, -0.25) is 4.79 Å². The molecule has 0 aliphatic carbocycles. The second kappa shape index (κ2) is 6.90. The molecule has 0 saturated carbocycles. The van der Waals surface area contributed by atoms with E-state index in [4.69, 9.17) is 32.4 Å². The van der Waals surface area contributed by atoms with Gasteiger partial charge in [-0.05, 0) is 30.3 Å². The number of amides is 1. The van der Waals surface area contributed by atoms with Crippen LogP contribution in [0.15, 0.2) is 47.2 Å². The molecule has 0 unspecified atom stereocenters. The van der Waals surface area contributed by atoms with Crippen molar-refractivity contribution < 1.29 is 18.7 Å². The lowest BCUT2D eigenvalue weighted by Crippen LogP contribution is -2.21. The van der Waals surface area contributed by atoms with Gasteiger partial charge in [0.2, 0.25) is 0 Å². The summed E-state index contributed by atoms with van der Waals surface area (Å²) < 4.78 is 10.1. The fraction of sp³-hybridized carbons (Fsp3) is 0.0625. The molecule has 0 atom stereocenters. The lowest BCUT2D eigenvalue weighted by atomic mass is 10.2. The molecule has 0 aliphatic heterocycles. The molecule has 24 heavy (non-hydrogen) atoms. The van der Waals surface area contributed by atoms with Crippen molar-refractivity contribution in [3.05, 3.63) is 58.4 Å². The van der Waals surface area contributed by atoms with E-state index in [0.29, 0.717) is 26.8 Å². The lowest BCUT2D eigenvalue weighted by Gasteiger charge is -2.07. The molecule has 3 rings (SSSR count). The third kappa shape index (κ3) is 3.50. The first kappa shape index (κ1) is 16.3. The average Bonchev–Trinajstić information content (AvgIpc) is 3.04. The number of rotatable bonds is 4. The maximum Gasteiger partial charge on any atom is 0.340 e. The average molecular weight is 365 g/mol. The second-order valence-corrected chi connectivity index (χ2v) is 5.57. The van der Waals surface area contributed by atoms with Gasteiger partial charge in [0, 0.05) is 5.69 Å². The number of esters is 1. The van der Waals surface area contributed by atoms with E-state index >= 15 is 0 Å². The van der Waals surface area contributed by atoms with Gasteiger partial charge in [0.05, 0.1) is 15.6 Å². The number of nitrogens with one attached hydrogen (secondary N) is 1. The Morgan fingerprint density at radius 3 is 2.79 bits per heavy atom. The van der Waals surface area contributed by atoms with E-state index < -0.39 is 18.5 Å². The summed E-state index contributed by atoms with van der Waals surface area (Å²) in [6.07, 6.45) is 1.23. The van der Waals surface area contributed by atoms with Gasteiger partial charge < -0.3 is 14.5 Å². The molecule has 3 aromatic rings. The molecule has 122 valence electrons. The van der Waals surface area contributed by atoms with Gasteiger partial charge in [-0.25, -0.2) is 9.78 Å². The van der Waals surface area contributed by atoms with E-state index in [2.05, 4.69) is 10.3 Å². The van der Waals surface area contributed by atoms with Crippen LogP contribution in [0.25, 0.3) is 11.1 Å². The van der Waals surface area contributed by atoms with Crippen molar-refractivity contribution in [3.63, 3.8) is 0 Å². The molecule has 0 radical (unpaired) electrons. The van der Waals surface area contributed by atoms with Crippen LogP contribution in [-0.2, 0) is 9.53 Å². The number of aromatic nitrogens is 1. The molecule has 2 aromatic carbocycles. The van der Waals surface area contributed by atoms with Gasteiger partial charge in [0.15, 0.2) is 18.6 Å². The normalized spacial score (nSPS) is 10.6.